The number of carboxylic acids is 1. The molecule has 0 amide bonds. The normalized spacial score (nSPS) is 10.6. The largest absolute Gasteiger partial charge is 0.478 e. The van der Waals surface area contributed by atoms with Crippen LogP contribution in [0.2, 0.25) is 5.02 Å². The summed E-state index contributed by atoms with van der Waals surface area (Å²) in [6, 6.07) is 2.78. The van der Waals surface area contributed by atoms with Crippen molar-refractivity contribution in [1.82, 2.24) is 0 Å². The Bertz CT molecular complexity index is 375. The Morgan fingerprint density at radius 2 is 2.07 bits per heavy atom. The van der Waals surface area contributed by atoms with Gasteiger partial charge in [-0.25, -0.2) is 9.18 Å². The van der Waals surface area contributed by atoms with E-state index in [9.17, 15) is 9.18 Å². The van der Waals surface area contributed by atoms with Crippen molar-refractivity contribution in [1.29, 1.82) is 0 Å². The molecule has 0 atom stereocenters. The van der Waals surface area contributed by atoms with Gasteiger partial charge in [-0.2, -0.15) is 0 Å². The van der Waals surface area contributed by atoms with Gasteiger partial charge >= 0.3 is 5.97 Å². The van der Waals surface area contributed by atoms with Gasteiger partial charge in [-0.1, -0.05) is 31.5 Å². The average molecular weight is 217 g/mol. The Kier molecular flexibility index (Phi) is 3.11. The van der Waals surface area contributed by atoms with E-state index in [1.807, 2.05) is 13.8 Å². The summed E-state index contributed by atoms with van der Waals surface area (Å²) in [5.74, 6) is -1.87. The smallest absolute Gasteiger partial charge is 0.337 e. The number of carboxylic acid groups (broad SMARTS) is 1. The Morgan fingerprint density at radius 3 is 2.50 bits per heavy atom. The molecule has 0 aliphatic rings. The van der Waals surface area contributed by atoms with Crippen molar-refractivity contribution < 1.29 is 14.3 Å². The molecule has 0 aliphatic carbocycles. The van der Waals surface area contributed by atoms with Gasteiger partial charge in [-0.15, -0.1) is 0 Å². The molecule has 0 radical (unpaired) electrons. The number of hydrogen-bond acceptors (Lipinski definition) is 1. The summed E-state index contributed by atoms with van der Waals surface area (Å²) in [4.78, 5) is 10.6. The van der Waals surface area contributed by atoms with Crippen molar-refractivity contribution in [2.24, 2.45) is 0 Å². The van der Waals surface area contributed by atoms with Crippen LogP contribution < -0.4 is 0 Å². The molecule has 0 heterocycles. The minimum absolute atomic E-state index is 0.0182. The van der Waals surface area contributed by atoms with Gasteiger partial charge < -0.3 is 5.11 Å². The third kappa shape index (κ3) is 1.87. The Labute approximate surface area is 86.3 Å². The van der Waals surface area contributed by atoms with E-state index in [-0.39, 0.29) is 16.5 Å². The van der Waals surface area contributed by atoms with E-state index in [1.54, 1.807) is 0 Å². The van der Waals surface area contributed by atoms with Crippen LogP contribution in [-0.2, 0) is 0 Å². The first kappa shape index (κ1) is 11.0. The second-order valence-electron chi connectivity index (χ2n) is 3.29. The average Bonchev–Trinajstić information content (AvgIpc) is 2.08. The molecule has 1 rings (SSSR count). The molecule has 0 saturated carbocycles. The standard InChI is InChI=1S/C10H10ClFO2/c1-5(2)6-3-4-7(10(13)14)8(11)9(6)12/h3-5H,1-2H3,(H,13,14). The quantitative estimate of drug-likeness (QED) is 0.824. The molecule has 4 heteroatoms. The van der Waals surface area contributed by atoms with Gasteiger partial charge in [0.05, 0.1) is 10.6 Å². The molecule has 2 nitrogen and oxygen atoms in total. The predicted molar refractivity (Wildman–Crippen MR) is 52.5 cm³/mol. The van der Waals surface area contributed by atoms with E-state index in [0.717, 1.165) is 0 Å². The molecule has 0 unspecified atom stereocenters. The summed E-state index contributed by atoms with van der Waals surface area (Å²) in [7, 11) is 0. The third-order valence-corrected chi connectivity index (χ3v) is 2.33. The number of hydrogen-bond donors (Lipinski definition) is 1. The summed E-state index contributed by atoms with van der Waals surface area (Å²) in [5, 5.41) is 8.35. The number of aromatic carboxylic acids is 1. The predicted octanol–water partition coefficient (Wildman–Crippen LogP) is 3.30. The lowest BCUT2D eigenvalue weighted by Crippen LogP contribution is -2.02. The molecule has 0 saturated heterocycles. The summed E-state index contributed by atoms with van der Waals surface area (Å²) in [6.45, 7) is 3.63. The van der Waals surface area contributed by atoms with Gasteiger partial charge in [-0.3, -0.25) is 0 Å². The van der Waals surface area contributed by atoms with Gasteiger partial charge in [0.25, 0.3) is 0 Å². The maximum Gasteiger partial charge on any atom is 0.337 e. The summed E-state index contributed by atoms with van der Waals surface area (Å²) >= 11 is 5.58. The molecule has 0 bridgehead atoms. The van der Waals surface area contributed by atoms with Crippen molar-refractivity contribution in [3.05, 3.63) is 34.1 Å². The number of benzene rings is 1. The van der Waals surface area contributed by atoms with Crippen molar-refractivity contribution in [3.63, 3.8) is 0 Å². The monoisotopic (exact) mass is 216 g/mol. The fourth-order valence-electron chi connectivity index (χ4n) is 1.18. The highest BCUT2D eigenvalue weighted by Crippen LogP contribution is 2.27. The van der Waals surface area contributed by atoms with Crippen LogP contribution in [0, 0.1) is 5.82 Å². The highest BCUT2D eigenvalue weighted by atomic mass is 35.5. The van der Waals surface area contributed by atoms with E-state index < -0.39 is 11.8 Å². The molecule has 1 aromatic rings. The molecule has 1 N–H and O–H groups in total. The minimum atomic E-state index is -1.22. The molecule has 0 aromatic heterocycles. The van der Waals surface area contributed by atoms with Crippen molar-refractivity contribution in [2.45, 2.75) is 19.8 Å². The van der Waals surface area contributed by atoms with Crippen LogP contribution in [0.3, 0.4) is 0 Å². The van der Waals surface area contributed by atoms with Crippen molar-refractivity contribution in [3.8, 4) is 0 Å². The first-order valence-electron chi connectivity index (χ1n) is 4.16. The zero-order valence-electron chi connectivity index (χ0n) is 7.84. The van der Waals surface area contributed by atoms with Gasteiger partial charge in [0.2, 0.25) is 0 Å². The van der Waals surface area contributed by atoms with E-state index in [4.69, 9.17) is 16.7 Å². The SMILES string of the molecule is CC(C)c1ccc(C(=O)O)c(Cl)c1F. The van der Waals surface area contributed by atoms with E-state index in [0.29, 0.717) is 5.56 Å². The lowest BCUT2D eigenvalue weighted by molar-refractivity contribution is 0.0696. The highest BCUT2D eigenvalue weighted by molar-refractivity contribution is 6.33. The molecular weight excluding hydrogens is 207 g/mol. The Balaban J connectivity index is 3.33. The second-order valence-corrected chi connectivity index (χ2v) is 3.67. The summed E-state index contributed by atoms with van der Waals surface area (Å²) in [5.41, 5.74) is 0.230. The van der Waals surface area contributed by atoms with E-state index in [2.05, 4.69) is 0 Å². The third-order valence-electron chi connectivity index (χ3n) is 1.96. The van der Waals surface area contributed by atoms with Gasteiger partial charge in [0.15, 0.2) is 0 Å². The summed E-state index contributed by atoms with van der Waals surface area (Å²) < 4.78 is 13.5. The topological polar surface area (TPSA) is 37.3 Å². The van der Waals surface area contributed by atoms with Crippen molar-refractivity contribution in [2.75, 3.05) is 0 Å². The zero-order valence-corrected chi connectivity index (χ0v) is 8.60. The van der Waals surface area contributed by atoms with Crippen LogP contribution in [0.25, 0.3) is 0 Å². The number of carbonyl (C=O) groups is 1. The Morgan fingerprint density at radius 1 is 1.50 bits per heavy atom. The van der Waals surface area contributed by atoms with E-state index in [1.165, 1.54) is 12.1 Å². The van der Waals surface area contributed by atoms with E-state index >= 15 is 0 Å². The molecule has 0 spiro atoms. The number of rotatable bonds is 2. The van der Waals surface area contributed by atoms with Gasteiger partial charge in [0, 0.05) is 0 Å². The fourth-order valence-corrected chi connectivity index (χ4v) is 1.43. The molecule has 1 aromatic carbocycles. The lowest BCUT2D eigenvalue weighted by Gasteiger charge is -2.09. The van der Waals surface area contributed by atoms with Crippen LogP contribution in [-0.4, -0.2) is 11.1 Å². The minimum Gasteiger partial charge on any atom is -0.478 e. The first-order chi connectivity index (χ1) is 6.45. The fraction of sp³-hybridized carbons (Fsp3) is 0.300. The van der Waals surface area contributed by atoms with Crippen LogP contribution in [0.1, 0.15) is 35.7 Å². The Hall–Kier alpha value is -1.09. The van der Waals surface area contributed by atoms with Gasteiger partial charge in [0.1, 0.15) is 5.82 Å². The lowest BCUT2D eigenvalue weighted by atomic mass is 10.0. The molecule has 0 aliphatic heterocycles. The van der Waals surface area contributed by atoms with Crippen LogP contribution in [0.15, 0.2) is 12.1 Å². The maximum atomic E-state index is 13.5. The molecule has 76 valence electrons. The maximum absolute atomic E-state index is 13.5. The second kappa shape index (κ2) is 3.96. The van der Waals surface area contributed by atoms with Gasteiger partial charge in [-0.05, 0) is 17.5 Å². The highest BCUT2D eigenvalue weighted by Gasteiger charge is 2.17. The molecule has 14 heavy (non-hydrogen) atoms. The number of halogens is 2. The summed E-state index contributed by atoms with van der Waals surface area (Å²) in [6.07, 6.45) is 0. The first-order valence-corrected chi connectivity index (χ1v) is 4.54. The van der Waals surface area contributed by atoms with Crippen LogP contribution >= 0.6 is 11.6 Å². The van der Waals surface area contributed by atoms with Crippen LogP contribution in [0.4, 0.5) is 4.39 Å². The molecular formula is C10H10ClFO2. The zero-order chi connectivity index (χ0) is 10.9. The van der Waals surface area contributed by atoms with Crippen molar-refractivity contribution >= 4 is 17.6 Å². The molecule has 0 fully saturated rings. The van der Waals surface area contributed by atoms with Crippen LogP contribution in [0.5, 0.6) is 0 Å².